The summed E-state index contributed by atoms with van der Waals surface area (Å²) in [6, 6.07) is 4.01. The monoisotopic (exact) mass is 208 g/mol. The minimum atomic E-state index is 0.00630. The van der Waals surface area contributed by atoms with Crippen LogP contribution in [0.5, 0.6) is 0 Å². The molecule has 0 fully saturated rings. The van der Waals surface area contributed by atoms with Crippen LogP contribution >= 0.6 is 0 Å². The van der Waals surface area contributed by atoms with Gasteiger partial charge < -0.3 is 9.88 Å². The van der Waals surface area contributed by atoms with E-state index in [1.54, 1.807) is 0 Å². The summed E-state index contributed by atoms with van der Waals surface area (Å²) in [5.74, 6) is 0.460. The molecule has 84 valence electrons. The summed E-state index contributed by atoms with van der Waals surface area (Å²) < 4.78 is 1.91. The van der Waals surface area contributed by atoms with E-state index in [1.807, 2.05) is 37.6 Å². The van der Waals surface area contributed by atoms with Crippen molar-refractivity contribution in [3.05, 3.63) is 23.5 Å². The van der Waals surface area contributed by atoms with Crippen molar-refractivity contribution in [3.63, 3.8) is 0 Å². The van der Waals surface area contributed by atoms with Gasteiger partial charge in [0.2, 0.25) is 0 Å². The Hall–Kier alpha value is -1.25. The number of rotatable bonds is 3. The first-order chi connectivity index (χ1) is 6.93. The van der Waals surface area contributed by atoms with Crippen LogP contribution in [0.2, 0.25) is 0 Å². The Bertz CT molecular complexity index is 353. The van der Waals surface area contributed by atoms with Gasteiger partial charge in [-0.3, -0.25) is 4.79 Å². The smallest absolute Gasteiger partial charge is 0.268 e. The lowest BCUT2D eigenvalue weighted by atomic mass is 10.1. The third-order valence-electron chi connectivity index (χ3n) is 2.96. The van der Waals surface area contributed by atoms with Crippen molar-refractivity contribution in [1.29, 1.82) is 0 Å². The molecule has 1 rings (SSSR count). The van der Waals surface area contributed by atoms with Gasteiger partial charge in [0.1, 0.15) is 5.69 Å². The van der Waals surface area contributed by atoms with Gasteiger partial charge in [-0.2, -0.15) is 0 Å². The molecule has 1 amide bonds. The molecule has 3 heteroatoms. The zero-order chi connectivity index (χ0) is 11.6. The van der Waals surface area contributed by atoms with Crippen LogP contribution in [0.4, 0.5) is 0 Å². The van der Waals surface area contributed by atoms with E-state index in [0.29, 0.717) is 5.92 Å². The average molecular weight is 208 g/mol. The molecule has 0 spiro atoms. The number of aryl methyl sites for hydroxylation is 1. The van der Waals surface area contributed by atoms with Crippen LogP contribution < -0.4 is 5.32 Å². The molecule has 1 heterocycles. The highest BCUT2D eigenvalue weighted by Crippen LogP contribution is 2.07. The van der Waals surface area contributed by atoms with E-state index in [-0.39, 0.29) is 11.9 Å². The van der Waals surface area contributed by atoms with Crippen LogP contribution in [0, 0.1) is 12.8 Å². The molecule has 0 aliphatic heterocycles. The third-order valence-corrected chi connectivity index (χ3v) is 2.96. The highest BCUT2D eigenvalue weighted by atomic mass is 16.2. The Morgan fingerprint density at radius 3 is 2.33 bits per heavy atom. The topological polar surface area (TPSA) is 34.0 Å². The van der Waals surface area contributed by atoms with E-state index in [2.05, 4.69) is 19.2 Å². The second-order valence-electron chi connectivity index (χ2n) is 4.43. The zero-order valence-corrected chi connectivity index (χ0v) is 10.2. The molecule has 1 N–H and O–H groups in total. The summed E-state index contributed by atoms with van der Waals surface area (Å²) in [7, 11) is 1.91. The van der Waals surface area contributed by atoms with E-state index < -0.39 is 0 Å². The zero-order valence-electron chi connectivity index (χ0n) is 10.2. The van der Waals surface area contributed by atoms with Gasteiger partial charge in [0.15, 0.2) is 0 Å². The maximum atomic E-state index is 11.9. The SMILES string of the molecule is Cc1ccc(C(=O)NC(C)C(C)C)n1C. The fraction of sp³-hybridized carbons (Fsp3) is 0.583. The predicted octanol–water partition coefficient (Wildman–Crippen LogP) is 2.11. The highest BCUT2D eigenvalue weighted by molar-refractivity contribution is 5.93. The standard InChI is InChI=1S/C12H20N2O/c1-8(2)10(4)13-12(15)11-7-6-9(3)14(11)5/h6-8,10H,1-5H3,(H,13,15). The lowest BCUT2D eigenvalue weighted by Gasteiger charge is -2.17. The van der Waals surface area contributed by atoms with Gasteiger partial charge in [0, 0.05) is 18.8 Å². The molecule has 0 aromatic carbocycles. The van der Waals surface area contributed by atoms with Crippen molar-refractivity contribution in [2.24, 2.45) is 13.0 Å². The maximum Gasteiger partial charge on any atom is 0.268 e. The number of nitrogens with zero attached hydrogens (tertiary/aromatic N) is 1. The third kappa shape index (κ3) is 2.61. The summed E-state index contributed by atoms with van der Waals surface area (Å²) in [6.45, 7) is 8.21. The molecule has 3 nitrogen and oxygen atoms in total. The van der Waals surface area contributed by atoms with Crippen molar-refractivity contribution in [3.8, 4) is 0 Å². The molecule has 0 radical (unpaired) electrons. The lowest BCUT2D eigenvalue weighted by molar-refractivity contribution is 0.0922. The van der Waals surface area contributed by atoms with Crippen molar-refractivity contribution in [2.45, 2.75) is 33.7 Å². The van der Waals surface area contributed by atoms with Gasteiger partial charge in [-0.25, -0.2) is 0 Å². The van der Waals surface area contributed by atoms with E-state index in [0.717, 1.165) is 11.4 Å². The van der Waals surface area contributed by atoms with Crippen molar-refractivity contribution in [2.75, 3.05) is 0 Å². The number of carbonyl (C=O) groups excluding carboxylic acids is 1. The minimum absolute atomic E-state index is 0.00630. The molecular formula is C12H20N2O. The highest BCUT2D eigenvalue weighted by Gasteiger charge is 2.15. The molecule has 0 aliphatic rings. The summed E-state index contributed by atoms with van der Waals surface area (Å²) in [5, 5.41) is 2.99. The Balaban J connectivity index is 2.74. The molecule has 1 aromatic rings. The first kappa shape index (κ1) is 11.8. The molecule has 0 bridgehead atoms. The number of amides is 1. The van der Waals surface area contributed by atoms with Crippen LogP contribution in [0.25, 0.3) is 0 Å². The molecule has 1 atom stereocenters. The Morgan fingerprint density at radius 1 is 1.33 bits per heavy atom. The van der Waals surface area contributed by atoms with Gasteiger partial charge >= 0.3 is 0 Å². The molecule has 0 saturated carbocycles. The minimum Gasteiger partial charge on any atom is -0.348 e. The molecular weight excluding hydrogens is 188 g/mol. The first-order valence-electron chi connectivity index (χ1n) is 5.36. The molecule has 15 heavy (non-hydrogen) atoms. The van der Waals surface area contributed by atoms with Crippen LogP contribution in [0.15, 0.2) is 12.1 Å². The van der Waals surface area contributed by atoms with E-state index >= 15 is 0 Å². The summed E-state index contributed by atoms with van der Waals surface area (Å²) in [5.41, 5.74) is 1.82. The summed E-state index contributed by atoms with van der Waals surface area (Å²) in [4.78, 5) is 11.9. The second-order valence-corrected chi connectivity index (χ2v) is 4.43. The molecule has 1 aromatic heterocycles. The Kier molecular flexibility index (Phi) is 3.56. The van der Waals surface area contributed by atoms with Crippen LogP contribution in [-0.4, -0.2) is 16.5 Å². The average Bonchev–Trinajstić information content (AvgIpc) is 2.47. The second kappa shape index (κ2) is 4.51. The van der Waals surface area contributed by atoms with Gasteiger partial charge in [0.05, 0.1) is 0 Å². The van der Waals surface area contributed by atoms with Gasteiger partial charge in [-0.05, 0) is 31.9 Å². The van der Waals surface area contributed by atoms with E-state index in [1.165, 1.54) is 0 Å². The number of hydrogen-bond donors (Lipinski definition) is 1. The first-order valence-corrected chi connectivity index (χ1v) is 5.36. The summed E-state index contributed by atoms with van der Waals surface area (Å²) >= 11 is 0. The maximum absolute atomic E-state index is 11.9. The molecule has 0 saturated heterocycles. The number of aromatic nitrogens is 1. The number of nitrogens with one attached hydrogen (secondary N) is 1. The van der Waals surface area contributed by atoms with E-state index in [9.17, 15) is 4.79 Å². The van der Waals surface area contributed by atoms with Crippen LogP contribution in [0.3, 0.4) is 0 Å². The fourth-order valence-electron chi connectivity index (χ4n) is 1.29. The van der Waals surface area contributed by atoms with E-state index in [4.69, 9.17) is 0 Å². The summed E-state index contributed by atoms with van der Waals surface area (Å²) in [6.07, 6.45) is 0. The van der Waals surface area contributed by atoms with Crippen LogP contribution in [0.1, 0.15) is 37.0 Å². The van der Waals surface area contributed by atoms with Crippen molar-refractivity contribution in [1.82, 2.24) is 9.88 Å². The largest absolute Gasteiger partial charge is 0.348 e. The van der Waals surface area contributed by atoms with Crippen molar-refractivity contribution >= 4 is 5.91 Å². The Labute approximate surface area is 91.5 Å². The van der Waals surface area contributed by atoms with Crippen LogP contribution in [-0.2, 0) is 7.05 Å². The fourth-order valence-corrected chi connectivity index (χ4v) is 1.29. The number of hydrogen-bond acceptors (Lipinski definition) is 1. The van der Waals surface area contributed by atoms with Gasteiger partial charge in [-0.15, -0.1) is 0 Å². The van der Waals surface area contributed by atoms with Crippen molar-refractivity contribution < 1.29 is 4.79 Å². The van der Waals surface area contributed by atoms with Gasteiger partial charge in [-0.1, -0.05) is 13.8 Å². The number of carbonyl (C=O) groups is 1. The van der Waals surface area contributed by atoms with Gasteiger partial charge in [0.25, 0.3) is 5.91 Å². The molecule has 1 unspecified atom stereocenters. The quantitative estimate of drug-likeness (QED) is 0.811. The lowest BCUT2D eigenvalue weighted by Crippen LogP contribution is -2.36. The molecule has 0 aliphatic carbocycles. The Morgan fingerprint density at radius 2 is 1.93 bits per heavy atom. The normalized spacial score (nSPS) is 12.9. The predicted molar refractivity (Wildman–Crippen MR) is 61.9 cm³/mol.